The van der Waals surface area contributed by atoms with Crippen molar-refractivity contribution >= 4 is 5.97 Å². The lowest BCUT2D eigenvalue weighted by Gasteiger charge is -2.31. The molecule has 0 radical (unpaired) electrons. The van der Waals surface area contributed by atoms with Gasteiger partial charge < -0.3 is 9.84 Å². The van der Waals surface area contributed by atoms with E-state index in [1.165, 1.54) is 5.56 Å². The maximum atomic E-state index is 11.4. The van der Waals surface area contributed by atoms with Gasteiger partial charge in [0.05, 0.1) is 7.11 Å². The van der Waals surface area contributed by atoms with Crippen LogP contribution in [0, 0.1) is 0 Å². The SMILES string of the molecule is COc1ccc(CCN2CCCC2(C)C(=O)O)cc1. The molecule has 1 fully saturated rings. The number of hydrogen-bond acceptors (Lipinski definition) is 3. The molecular formula is C15H21NO3. The molecule has 1 heterocycles. The van der Waals surface area contributed by atoms with Gasteiger partial charge in [-0.15, -0.1) is 0 Å². The Hall–Kier alpha value is -1.55. The number of benzene rings is 1. The van der Waals surface area contributed by atoms with Crippen molar-refractivity contribution in [2.24, 2.45) is 0 Å². The first-order chi connectivity index (χ1) is 9.06. The van der Waals surface area contributed by atoms with Gasteiger partial charge in [-0.1, -0.05) is 12.1 Å². The molecule has 1 N–H and O–H groups in total. The minimum absolute atomic E-state index is 0.688. The molecule has 4 heteroatoms. The Bertz CT molecular complexity index is 443. The van der Waals surface area contributed by atoms with Crippen LogP contribution >= 0.6 is 0 Å². The minimum atomic E-state index is -0.709. The number of ether oxygens (including phenoxy) is 1. The summed E-state index contributed by atoms with van der Waals surface area (Å²) >= 11 is 0. The number of methoxy groups -OCH3 is 1. The van der Waals surface area contributed by atoms with Crippen molar-refractivity contribution in [1.29, 1.82) is 0 Å². The van der Waals surface area contributed by atoms with Crippen molar-refractivity contribution in [3.05, 3.63) is 29.8 Å². The number of rotatable bonds is 5. The summed E-state index contributed by atoms with van der Waals surface area (Å²) in [7, 11) is 1.65. The van der Waals surface area contributed by atoms with E-state index in [4.69, 9.17) is 4.74 Å². The van der Waals surface area contributed by atoms with Crippen LogP contribution in [0.3, 0.4) is 0 Å². The van der Waals surface area contributed by atoms with E-state index in [0.717, 1.165) is 38.1 Å². The minimum Gasteiger partial charge on any atom is -0.497 e. The Morgan fingerprint density at radius 1 is 1.42 bits per heavy atom. The standard InChI is InChI=1S/C15H21NO3/c1-15(14(17)18)9-3-10-16(15)11-8-12-4-6-13(19-2)7-5-12/h4-7H,3,8-11H2,1-2H3,(H,17,18). The first kappa shape index (κ1) is 13.9. The Morgan fingerprint density at radius 2 is 2.11 bits per heavy atom. The lowest BCUT2D eigenvalue weighted by molar-refractivity contribution is -0.148. The van der Waals surface area contributed by atoms with Crippen LogP contribution in [0.5, 0.6) is 5.75 Å². The molecule has 1 aromatic carbocycles. The molecule has 0 saturated carbocycles. The van der Waals surface area contributed by atoms with Gasteiger partial charge in [0.25, 0.3) is 0 Å². The third-order valence-electron chi connectivity index (χ3n) is 4.08. The fraction of sp³-hybridized carbons (Fsp3) is 0.533. The summed E-state index contributed by atoms with van der Waals surface area (Å²) < 4.78 is 5.12. The van der Waals surface area contributed by atoms with Gasteiger partial charge in [-0.25, -0.2) is 0 Å². The average molecular weight is 263 g/mol. The normalized spacial score (nSPS) is 23.5. The van der Waals surface area contributed by atoms with E-state index in [1.54, 1.807) is 7.11 Å². The molecular weight excluding hydrogens is 242 g/mol. The molecule has 4 nitrogen and oxygen atoms in total. The second kappa shape index (κ2) is 5.61. The number of carboxylic acid groups (broad SMARTS) is 1. The van der Waals surface area contributed by atoms with Gasteiger partial charge in [0.1, 0.15) is 11.3 Å². The van der Waals surface area contributed by atoms with E-state index in [1.807, 2.05) is 31.2 Å². The Balaban J connectivity index is 1.96. The molecule has 104 valence electrons. The summed E-state index contributed by atoms with van der Waals surface area (Å²) in [6.07, 6.45) is 2.57. The molecule has 1 saturated heterocycles. The molecule has 19 heavy (non-hydrogen) atoms. The molecule has 0 aromatic heterocycles. The van der Waals surface area contributed by atoms with Crippen molar-refractivity contribution in [2.45, 2.75) is 31.7 Å². The third kappa shape index (κ3) is 2.89. The van der Waals surface area contributed by atoms with Crippen molar-refractivity contribution in [3.63, 3.8) is 0 Å². The lowest BCUT2D eigenvalue weighted by Crippen LogP contribution is -2.48. The largest absolute Gasteiger partial charge is 0.497 e. The smallest absolute Gasteiger partial charge is 0.323 e. The number of hydrogen-bond donors (Lipinski definition) is 1. The van der Waals surface area contributed by atoms with Crippen molar-refractivity contribution in [3.8, 4) is 5.75 Å². The van der Waals surface area contributed by atoms with Crippen LogP contribution in [0.1, 0.15) is 25.3 Å². The first-order valence-electron chi connectivity index (χ1n) is 6.67. The molecule has 1 unspecified atom stereocenters. The number of likely N-dealkylation sites (tertiary alicyclic amines) is 1. The zero-order valence-electron chi connectivity index (χ0n) is 11.6. The highest BCUT2D eigenvalue weighted by Crippen LogP contribution is 2.29. The highest BCUT2D eigenvalue weighted by molar-refractivity contribution is 5.78. The van der Waals surface area contributed by atoms with Crippen LogP contribution in [-0.4, -0.2) is 41.7 Å². The first-order valence-corrected chi connectivity index (χ1v) is 6.67. The molecule has 0 bridgehead atoms. The van der Waals surface area contributed by atoms with Crippen molar-refractivity contribution in [2.75, 3.05) is 20.2 Å². The Labute approximate surface area is 114 Å². The maximum absolute atomic E-state index is 11.4. The molecule has 2 rings (SSSR count). The summed E-state index contributed by atoms with van der Waals surface area (Å²) in [5.41, 5.74) is 0.521. The number of aliphatic carboxylic acids is 1. The molecule has 1 atom stereocenters. The van der Waals surface area contributed by atoms with Crippen LogP contribution < -0.4 is 4.74 Å². The summed E-state index contributed by atoms with van der Waals surface area (Å²) in [5, 5.41) is 9.35. The van der Waals surface area contributed by atoms with Crippen LogP contribution in [0.15, 0.2) is 24.3 Å². The van der Waals surface area contributed by atoms with Crippen LogP contribution in [0.25, 0.3) is 0 Å². The summed E-state index contributed by atoms with van der Waals surface area (Å²) in [4.78, 5) is 13.5. The molecule has 1 aliphatic rings. The summed E-state index contributed by atoms with van der Waals surface area (Å²) in [5.74, 6) is 0.139. The predicted octanol–water partition coefficient (Wildman–Crippen LogP) is 2.18. The van der Waals surface area contributed by atoms with Gasteiger partial charge in [0, 0.05) is 6.54 Å². The van der Waals surface area contributed by atoms with E-state index in [9.17, 15) is 9.90 Å². The van der Waals surface area contributed by atoms with E-state index >= 15 is 0 Å². The predicted molar refractivity (Wildman–Crippen MR) is 73.5 cm³/mol. The highest BCUT2D eigenvalue weighted by Gasteiger charge is 2.42. The zero-order valence-corrected chi connectivity index (χ0v) is 11.6. The van der Waals surface area contributed by atoms with Crippen molar-refractivity contribution in [1.82, 2.24) is 4.90 Å². The quantitative estimate of drug-likeness (QED) is 0.884. The number of nitrogens with zero attached hydrogens (tertiary/aromatic N) is 1. The van der Waals surface area contributed by atoms with Crippen molar-refractivity contribution < 1.29 is 14.6 Å². The number of carbonyl (C=O) groups is 1. The monoisotopic (exact) mass is 263 g/mol. The third-order valence-corrected chi connectivity index (χ3v) is 4.08. The van der Waals surface area contributed by atoms with Gasteiger partial charge in [-0.2, -0.15) is 0 Å². The van der Waals surface area contributed by atoms with Gasteiger partial charge >= 0.3 is 5.97 Å². The highest BCUT2D eigenvalue weighted by atomic mass is 16.5. The van der Waals surface area contributed by atoms with Gasteiger partial charge in [-0.05, 0) is 50.4 Å². The van der Waals surface area contributed by atoms with Gasteiger partial charge in [0.2, 0.25) is 0 Å². The molecule has 0 spiro atoms. The lowest BCUT2D eigenvalue weighted by atomic mass is 9.99. The molecule has 1 aliphatic heterocycles. The van der Waals surface area contributed by atoms with E-state index in [2.05, 4.69) is 4.90 Å². The molecule has 0 aliphatic carbocycles. The van der Waals surface area contributed by atoms with Gasteiger partial charge in [0.15, 0.2) is 0 Å². The number of carboxylic acids is 1. The topological polar surface area (TPSA) is 49.8 Å². The van der Waals surface area contributed by atoms with Crippen LogP contribution in [0.2, 0.25) is 0 Å². The zero-order chi connectivity index (χ0) is 13.9. The van der Waals surface area contributed by atoms with Crippen LogP contribution in [0.4, 0.5) is 0 Å². The average Bonchev–Trinajstić information content (AvgIpc) is 2.80. The van der Waals surface area contributed by atoms with Crippen LogP contribution in [-0.2, 0) is 11.2 Å². The maximum Gasteiger partial charge on any atom is 0.323 e. The fourth-order valence-corrected chi connectivity index (χ4v) is 2.68. The molecule has 0 amide bonds. The fourth-order valence-electron chi connectivity index (χ4n) is 2.68. The van der Waals surface area contributed by atoms with Gasteiger partial charge in [-0.3, -0.25) is 9.69 Å². The Kier molecular flexibility index (Phi) is 4.10. The van der Waals surface area contributed by atoms with E-state index < -0.39 is 11.5 Å². The Morgan fingerprint density at radius 3 is 2.68 bits per heavy atom. The van der Waals surface area contributed by atoms with E-state index in [0.29, 0.717) is 0 Å². The second-order valence-corrected chi connectivity index (χ2v) is 5.27. The summed E-state index contributed by atoms with van der Waals surface area (Å²) in [6.45, 7) is 3.49. The molecule has 1 aromatic rings. The summed E-state index contributed by atoms with van der Waals surface area (Å²) in [6, 6.07) is 7.95. The second-order valence-electron chi connectivity index (χ2n) is 5.27. The van der Waals surface area contributed by atoms with E-state index in [-0.39, 0.29) is 0 Å².